The van der Waals surface area contributed by atoms with Crippen LogP contribution in [0.25, 0.3) is 0 Å². The minimum Gasteiger partial charge on any atom is -0.383 e. The molecule has 7 heteroatoms. The fraction of sp³-hybridized carbons (Fsp3) is 0.889. The molecule has 2 saturated carbocycles. The lowest BCUT2D eigenvalue weighted by Crippen LogP contribution is -2.54. The maximum atomic E-state index is 11.9. The molecule has 3 aliphatic rings. The molecule has 2 aliphatic carbocycles. The minimum atomic E-state index is 0.0770. The second-order valence-corrected chi connectivity index (χ2v) is 7.64. The van der Waals surface area contributed by atoms with E-state index in [1.165, 1.54) is 25.7 Å². The van der Waals surface area contributed by atoms with Crippen LogP contribution in [0.2, 0.25) is 0 Å². The maximum Gasteiger partial charge on any atom is 0.234 e. The number of amides is 1. The van der Waals surface area contributed by atoms with Crippen molar-refractivity contribution in [3.05, 3.63) is 0 Å². The number of carbonyl (C=O) groups excluding carboxylic acids is 1. The summed E-state index contributed by atoms with van der Waals surface area (Å²) in [5.41, 5.74) is 0.581. The van der Waals surface area contributed by atoms with Gasteiger partial charge in [0.2, 0.25) is 5.91 Å². The van der Waals surface area contributed by atoms with Gasteiger partial charge in [0.15, 0.2) is 5.96 Å². The Labute approximate surface area is 151 Å². The first-order chi connectivity index (χ1) is 12.2. The van der Waals surface area contributed by atoms with Crippen LogP contribution in [0.4, 0.5) is 0 Å². The average Bonchev–Trinajstić information content (AvgIpc) is 3.50. The predicted octanol–water partition coefficient (Wildman–Crippen LogP) is 0.132. The number of guanidine groups is 1. The van der Waals surface area contributed by atoms with E-state index in [0.717, 1.165) is 44.6 Å². The molecule has 0 spiro atoms. The molecule has 3 fully saturated rings. The van der Waals surface area contributed by atoms with Crippen molar-refractivity contribution in [2.24, 2.45) is 16.3 Å². The Hall–Kier alpha value is -1.34. The third kappa shape index (κ3) is 5.07. The molecule has 0 bridgehead atoms. The Bertz CT molecular complexity index is 480. The first kappa shape index (κ1) is 18.5. The summed E-state index contributed by atoms with van der Waals surface area (Å²) in [5.74, 6) is 2.07. The van der Waals surface area contributed by atoms with Gasteiger partial charge >= 0.3 is 0 Å². The second kappa shape index (κ2) is 8.36. The topological polar surface area (TPSA) is 69.2 Å². The average molecular weight is 351 g/mol. The Kier molecular flexibility index (Phi) is 6.17. The van der Waals surface area contributed by atoms with E-state index < -0.39 is 0 Å². The standard InChI is InChI=1S/C18H33N5O2/c1-19-17(21-14-18(5-6-18)15-3-4-15)23-10-8-22(9-11-23)13-16(24)20-7-12-25-2/h15H,3-14H2,1-2H3,(H,19,21)(H,20,24). The summed E-state index contributed by atoms with van der Waals surface area (Å²) in [6.07, 6.45) is 5.61. The van der Waals surface area contributed by atoms with Crippen LogP contribution in [-0.2, 0) is 9.53 Å². The molecular formula is C18H33N5O2. The fourth-order valence-electron chi connectivity index (χ4n) is 3.84. The molecule has 3 rings (SSSR count). The van der Waals surface area contributed by atoms with Crippen molar-refractivity contribution in [1.29, 1.82) is 0 Å². The van der Waals surface area contributed by atoms with Crippen molar-refractivity contribution in [1.82, 2.24) is 20.4 Å². The van der Waals surface area contributed by atoms with Crippen molar-refractivity contribution in [3.8, 4) is 0 Å². The van der Waals surface area contributed by atoms with Crippen LogP contribution >= 0.6 is 0 Å². The van der Waals surface area contributed by atoms with Gasteiger partial charge in [-0.2, -0.15) is 0 Å². The van der Waals surface area contributed by atoms with Gasteiger partial charge in [-0.3, -0.25) is 14.7 Å². The zero-order chi connectivity index (χ0) is 17.7. The zero-order valence-electron chi connectivity index (χ0n) is 15.7. The zero-order valence-corrected chi connectivity index (χ0v) is 15.7. The first-order valence-electron chi connectivity index (χ1n) is 9.60. The first-order valence-corrected chi connectivity index (χ1v) is 9.60. The molecule has 0 aromatic rings. The molecule has 25 heavy (non-hydrogen) atoms. The monoisotopic (exact) mass is 351 g/mol. The number of hydrogen-bond acceptors (Lipinski definition) is 4. The van der Waals surface area contributed by atoms with Crippen molar-refractivity contribution < 1.29 is 9.53 Å². The number of nitrogens with one attached hydrogen (secondary N) is 2. The van der Waals surface area contributed by atoms with E-state index in [4.69, 9.17) is 4.74 Å². The van der Waals surface area contributed by atoms with Crippen molar-refractivity contribution >= 4 is 11.9 Å². The van der Waals surface area contributed by atoms with Gasteiger partial charge in [0.25, 0.3) is 0 Å². The Morgan fingerprint density at radius 3 is 2.48 bits per heavy atom. The summed E-state index contributed by atoms with van der Waals surface area (Å²) in [4.78, 5) is 20.9. The summed E-state index contributed by atoms with van der Waals surface area (Å²) in [6.45, 7) is 6.31. The molecule has 7 nitrogen and oxygen atoms in total. The van der Waals surface area contributed by atoms with Gasteiger partial charge in [-0.25, -0.2) is 0 Å². The van der Waals surface area contributed by atoms with E-state index in [-0.39, 0.29) is 5.91 Å². The molecule has 0 aromatic heterocycles. The summed E-state index contributed by atoms with van der Waals surface area (Å²) >= 11 is 0. The molecule has 0 radical (unpaired) electrons. The summed E-state index contributed by atoms with van der Waals surface area (Å²) < 4.78 is 4.95. The number of aliphatic imine (C=N–C) groups is 1. The van der Waals surface area contributed by atoms with Crippen molar-refractivity contribution in [2.45, 2.75) is 25.7 Å². The van der Waals surface area contributed by atoms with Gasteiger partial charge in [-0.1, -0.05) is 0 Å². The van der Waals surface area contributed by atoms with Crippen LogP contribution in [0.1, 0.15) is 25.7 Å². The van der Waals surface area contributed by atoms with Gasteiger partial charge in [0.05, 0.1) is 13.2 Å². The van der Waals surface area contributed by atoms with E-state index in [1.54, 1.807) is 7.11 Å². The lowest BCUT2D eigenvalue weighted by Gasteiger charge is -2.36. The molecular weight excluding hydrogens is 318 g/mol. The molecule has 2 N–H and O–H groups in total. The van der Waals surface area contributed by atoms with Gasteiger partial charge in [-0.15, -0.1) is 0 Å². The summed E-state index contributed by atoms with van der Waals surface area (Å²) in [7, 11) is 3.51. The van der Waals surface area contributed by atoms with E-state index in [2.05, 4.69) is 25.4 Å². The van der Waals surface area contributed by atoms with E-state index in [0.29, 0.717) is 25.1 Å². The quantitative estimate of drug-likeness (QED) is 0.370. The predicted molar refractivity (Wildman–Crippen MR) is 98.7 cm³/mol. The maximum absolute atomic E-state index is 11.9. The van der Waals surface area contributed by atoms with E-state index in [9.17, 15) is 4.79 Å². The number of hydrogen-bond donors (Lipinski definition) is 2. The summed E-state index contributed by atoms with van der Waals surface area (Å²) in [5, 5.41) is 6.50. The lowest BCUT2D eigenvalue weighted by atomic mass is 10.0. The largest absolute Gasteiger partial charge is 0.383 e. The Balaban J connectivity index is 1.36. The van der Waals surface area contributed by atoms with E-state index >= 15 is 0 Å². The van der Waals surface area contributed by atoms with Gasteiger partial charge in [0.1, 0.15) is 0 Å². The number of nitrogens with zero attached hydrogens (tertiary/aromatic N) is 3. The van der Waals surface area contributed by atoms with Crippen molar-refractivity contribution in [3.63, 3.8) is 0 Å². The highest BCUT2D eigenvalue weighted by molar-refractivity contribution is 5.80. The molecule has 142 valence electrons. The number of rotatable bonds is 8. The molecule has 0 aromatic carbocycles. The van der Waals surface area contributed by atoms with Crippen LogP contribution in [-0.4, -0.2) is 88.2 Å². The SMILES string of the molecule is CN=C(NCC1(C2CC2)CC1)N1CCN(CC(=O)NCCOC)CC1. The smallest absolute Gasteiger partial charge is 0.234 e. The van der Waals surface area contributed by atoms with Crippen LogP contribution < -0.4 is 10.6 Å². The fourth-order valence-corrected chi connectivity index (χ4v) is 3.84. The third-order valence-electron chi connectivity index (χ3n) is 5.81. The summed E-state index contributed by atoms with van der Waals surface area (Å²) in [6, 6.07) is 0. The van der Waals surface area contributed by atoms with Crippen LogP contribution in [0.15, 0.2) is 4.99 Å². The number of carbonyl (C=O) groups is 1. The number of piperazine rings is 1. The number of methoxy groups -OCH3 is 1. The lowest BCUT2D eigenvalue weighted by molar-refractivity contribution is -0.122. The van der Waals surface area contributed by atoms with Gasteiger partial charge in [0, 0.05) is 53.4 Å². The molecule has 1 aliphatic heterocycles. The number of ether oxygens (including phenoxy) is 1. The van der Waals surface area contributed by atoms with Crippen LogP contribution in [0.3, 0.4) is 0 Å². The van der Waals surface area contributed by atoms with Crippen LogP contribution in [0, 0.1) is 11.3 Å². The highest BCUT2D eigenvalue weighted by Gasteiger charge is 2.53. The normalized spacial score (nSPS) is 23.4. The van der Waals surface area contributed by atoms with Gasteiger partial charge < -0.3 is 20.3 Å². The molecule has 1 heterocycles. The van der Waals surface area contributed by atoms with Gasteiger partial charge in [-0.05, 0) is 37.0 Å². The second-order valence-electron chi connectivity index (χ2n) is 7.64. The Morgan fingerprint density at radius 2 is 1.92 bits per heavy atom. The molecule has 1 saturated heterocycles. The minimum absolute atomic E-state index is 0.0770. The highest BCUT2D eigenvalue weighted by atomic mass is 16.5. The molecule has 0 atom stereocenters. The highest BCUT2D eigenvalue weighted by Crippen LogP contribution is 2.60. The Morgan fingerprint density at radius 1 is 1.20 bits per heavy atom. The molecule has 0 unspecified atom stereocenters. The van der Waals surface area contributed by atoms with E-state index in [1.807, 2.05) is 7.05 Å². The molecule has 1 amide bonds. The third-order valence-corrected chi connectivity index (χ3v) is 5.81. The van der Waals surface area contributed by atoms with Crippen LogP contribution in [0.5, 0.6) is 0 Å². The van der Waals surface area contributed by atoms with Crippen molar-refractivity contribution in [2.75, 3.05) is 66.6 Å².